The number of amides is 1. The van der Waals surface area contributed by atoms with Gasteiger partial charge in [0, 0.05) is 12.6 Å². The van der Waals surface area contributed by atoms with Gasteiger partial charge in [-0.15, -0.1) is 0 Å². The van der Waals surface area contributed by atoms with Crippen molar-refractivity contribution in [2.75, 3.05) is 18.4 Å². The van der Waals surface area contributed by atoms with Gasteiger partial charge in [-0.2, -0.15) is 0 Å². The maximum Gasteiger partial charge on any atom is 0.287 e. The second kappa shape index (κ2) is 6.41. The van der Waals surface area contributed by atoms with Gasteiger partial charge in [-0.05, 0) is 12.5 Å². The maximum atomic E-state index is 11.2. The van der Waals surface area contributed by atoms with Crippen LogP contribution in [0.1, 0.15) is 13.3 Å². The molecule has 1 heterocycles. The van der Waals surface area contributed by atoms with E-state index in [0.717, 1.165) is 12.6 Å². The standard InChI is InChI=1S/C10H14N4O3/c1-2-5-11-10(15)7-13-9-4-3-8(6-12-9)14(16)17/h3-4,6H,2,5,7H2,1H3,(H,11,15)(H,12,13). The van der Waals surface area contributed by atoms with E-state index in [2.05, 4.69) is 15.6 Å². The van der Waals surface area contributed by atoms with Crippen molar-refractivity contribution >= 4 is 17.4 Å². The Labute approximate surface area is 98.4 Å². The summed E-state index contributed by atoms with van der Waals surface area (Å²) in [7, 11) is 0. The third-order valence-corrected chi connectivity index (χ3v) is 1.96. The number of carbonyl (C=O) groups is 1. The van der Waals surface area contributed by atoms with Crippen LogP contribution in [0.4, 0.5) is 11.5 Å². The number of nitrogens with one attached hydrogen (secondary N) is 2. The summed E-state index contributed by atoms with van der Waals surface area (Å²) in [5, 5.41) is 15.8. The van der Waals surface area contributed by atoms with Crippen molar-refractivity contribution in [3.63, 3.8) is 0 Å². The Morgan fingerprint density at radius 2 is 2.29 bits per heavy atom. The van der Waals surface area contributed by atoms with Gasteiger partial charge in [0.25, 0.3) is 5.69 Å². The fourth-order valence-electron chi connectivity index (χ4n) is 1.10. The van der Waals surface area contributed by atoms with Gasteiger partial charge in [0.15, 0.2) is 0 Å². The smallest absolute Gasteiger partial charge is 0.287 e. The number of carbonyl (C=O) groups excluding carboxylic acids is 1. The zero-order valence-electron chi connectivity index (χ0n) is 9.47. The monoisotopic (exact) mass is 238 g/mol. The van der Waals surface area contributed by atoms with E-state index in [1.54, 1.807) is 0 Å². The van der Waals surface area contributed by atoms with E-state index in [0.29, 0.717) is 12.4 Å². The molecule has 1 rings (SSSR count). The average Bonchev–Trinajstić information content (AvgIpc) is 2.34. The lowest BCUT2D eigenvalue weighted by Gasteiger charge is -2.05. The number of pyridine rings is 1. The van der Waals surface area contributed by atoms with Crippen molar-refractivity contribution in [3.05, 3.63) is 28.4 Å². The molecular weight excluding hydrogens is 224 g/mol. The molecule has 2 N–H and O–H groups in total. The van der Waals surface area contributed by atoms with Gasteiger partial charge in [0.05, 0.1) is 11.5 Å². The van der Waals surface area contributed by atoms with Crippen LogP contribution < -0.4 is 10.6 Å². The molecule has 0 aliphatic heterocycles. The van der Waals surface area contributed by atoms with Crippen LogP contribution in [0.3, 0.4) is 0 Å². The fourth-order valence-corrected chi connectivity index (χ4v) is 1.10. The highest BCUT2D eigenvalue weighted by Gasteiger charge is 2.05. The van der Waals surface area contributed by atoms with Crippen LogP contribution in [0.15, 0.2) is 18.3 Å². The second-order valence-electron chi connectivity index (χ2n) is 3.36. The summed E-state index contributed by atoms with van der Waals surface area (Å²) in [6, 6.07) is 2.80. The van der Waals surface area contributed by atoms with Gasteiger partial charge in [0.2, 0.25) is 5.91 Å². The molecule has 7 heteroatoms. The average molecular weight is 238 g/mol. The van der Waals surface area contributed by atoms with Gasteiger partial charge in [0.1, 0.15) is 12.0 Å². The molecule has 0 bridgehead atoms. The minimum absolute atomic E-state index is 0.0778. The predicted molar refractivity (Wildman–Crippen MR) is 62.7 cm³/mol. The minimum Gasteiger partial charge on any atom is -0.361 e. The van der Waals surface area contributed by atoms with E-state index in [-0.39, 0.29) is 18.1 Å². The van der Waals surface area contributed by atoms with Crippen molar-refractivity contribution in [1.29, 1.82) is 0 Å². The Morgan fingerprint density at radius 1 is 1.53 bits per heavy atom. The molecule has 7 nitrogen and oxygen atoms in total. The third kappa shape index (κ3) is 4.45. The second-order valence-corrected chi connectivity index (χ2v) is 3.36. The molecule has 1 amide bonds. The predicted octanol–water partition coefficient (Wildman–Crippen LogP) is 0.928. The number of hydrogen-bond acceptors (Lipinski definition) is 5. The lowest BCUT2D eigenvalue weighted by atomic mass is 10.4. The van der Waals surface area contributed by atoms with Gasteiger partial charge in [-0.25, -0.2) is 4.98 Å². The van der Waals surface area contributed by atoms with Crippen molar-refractivity contribution in [3.8, 4) is 0 Å². The first kappa shape index (κ1) is 12.9. The molecule has 0 fully saturated rings. The van der Waals surface area contributed by atoms with E-state index in [1.807, 2.05) is 6.92 Å². The molecule has 0 aliphatic rings. The zero-order chi connectivity index (χ0) is 12.7. The Bertz CT molecular complexity index is 391. The quantitative estimate of drug-likeness (QED) is 0.567. The van der Waals surface area contributed by atoms with E-state index in [9.17, 15) is 14.9 Å². The summed E-state index contributed by atoms with van der Waals surface area (Å²) in [5.74, 6) is 0.300. The van der Waals surface area contributed by atoms with Crippen molar-refractivity contribution in [2.45, 2.75) is 13.3 Å². The van der Waals surface area contributed by atoms with Crippen molar-refractivity contribution in [1.82, 2.24) is 10.3 Å². The molecule has 1 aromatic heterocycles. The minimum atomic E-state index is -0.523. The van der Waals surface area contributed by atoms with E-state index in [1.165, 1.54) is 12.1 Å². The highest BCUT2D eigenvalue weighted by Crippen LogP contribution is 2.11. The molecule has 0 atom stereocenters. The largest absolute Gasteiger partial charge is 0.361 e. The summed E-state index contributed by atoms with van der Waals surface area (Å²) in [5.41, 5.74) is -0.0778. The number of aromatic nitrogens is 1. The molecule has 0 radical (unpaired) electrons. The van der Waals surface area contributed by atoms with E-state index >= 15 is 0 Å². The molecule has 0 saturated heterocycles. The highest BCUT2D eigenvalue weighted by molar-refractivity contribution is 5.80. The van der Waals surface area contributed by atoms with Crippen LogP contribution in [-0.4, -0.2) is 28.9 Å². The van der Waals surface area contributed by atoms with Crippen LogP contribution in [0, 0.1) is 10.1 Å². The number of nitro groups is 1. The first-order valence-corrected chi connectivity index (χ1v) is 5.24. The van der Waals surface area contributed by atoms with Gasteiger partial charge < -0.3 is 10.6 Å². The third-order valence-electron chi connectivity index (χ3n) is 1.96. The van der Waals surface area contributed by atoms with Gasteiger partial charge in [-0.3, -0.25) is 14.9 Å². The molecule has 1 aromatic rings. The maximum absolute atomic E-state index is 11.2. The molecule has 92 valence electrons. The summed E-state index contributed by atoms with van der Waals surface area (Å²) in [4.78, 5) is 24.9. The van der Waals surface area contributed by atoms with Crippen LogP contribution >= 0.6 is 0 Å². The molecular formula is C10H14N4O3. The lowest BCUT2D eigenvalue weighted by Crippen LogP contribution is -2.30. The summed E-state index contributed by atoms with van der Waals surface area (Å²) < 4.78 is 0. The summed E-state index contributed by atoms with van der Waals surface area (Å²) >= 11 is 0. The number of anilines is 1. The lowest BCUT2D eigenvalue weighted by molar-refractivity contribution is -0.385. The Morgan fingerprint density at radius 3 is 2.82 bits per heavy atom. The van der Waals surface area contributed by atoms with E-state index < -0.39 is 4.92 Å². The number of hydrogen-bond donors (Lipinski definition) is 2. The van der Waals surface area contributed by atoms with Crippen molar-refractivity contribution < 1.29 is 9.72 Å². The van der Waals surface area contributed by atoms with Crippen LogP contribution in [0.2, 0.25) is 0 Å². The van der Waals surface area contributed by atoms with Crippen LogP contribution in [-0.2, 0) is 4.79 Å². The molecule has 0 aliphatic carbocycles. The van der Waals surface area contributed by atoms with Gasteiger partial charge >= 0.3 is 0 Å². The van der Waals surface area contributed by atoms with Gasteiger partial charge in [-0.1, -0.05) is 6.92 Å². The zero-order valence-corrected chi connectivity index (χ0v) is 9.47. The Kier molecular flexibility index (Phi) is 4.86. The molecule has 0 unspecified atom stereocenters. The first-order valence-electron chi connectivity index (χ1n) is 5.24. The van der Waals surface area contributed by atoms with Crippen LogP contribution in [0.25, 0.3) is 0 Å². The normalized spacial score (nSPS) is 9.71. The topological polar surface area (TPSA) is 97.2 Å². The summed E-state index contributed by atoms with van der Waals surface area (Å²) in [6.45, 7) is 2.70. The number of nitrogens with zero attached hydrogens (tertiary/aromatic N) is 2. The molecule has 0 spiro atoms. The Hall–Kier alpha value is -2.18. The van der Waals surface area contributed by atoms with Crippen LogP contribution in [0.5, 0.6) is 0 Å². The first-order chi connectivity index (χ1) is 8.13. The Balaban J connectivity index is 2.42. The fraction of sp³-hybridized carbons (Fsp3) is 0.400. The molecule has 0 saturated carbocycles. The number of rotatable bonds is 6. The SMILES string of the molecule is CCCNC(=O)CNc1ccc([N+](=O)[O-])cn1. The summed E-state index contributed by atoms with van der Waals surface area (Å²) in [6.07, 6.45) is 2.02. The van der Waals surface area contributed by atoms with Crippen molar-refractivity contribution in [2.24, 2.45) is 0 Å². The van der Waals surface area contributed by atoms with E-state index in [4.69, 9.17) is 0 Å². The molecule has 0 aromatic carbocycles. The highest BCUT2D eigenvalue weighted by atomic mass is 16.6. The molecule has 17 heavy (non-hydrogen) atoms.